The zero-order valence-corrected chi connectivity index (χ0v) is 12.5. The standard InChI is InChI=1S/C17H19NO4/c1-11-12-6-2-3-7-13(12)22-16(20)14(11)15(19)18-10-17(21)8-4-5-9-17/h2-3,6-7,21H,4-5,8-10H2,1H3,(H,18,19). The Morgan fingerprint density at radius 1 is 1.32 bits per heavy atom. The molecule has 1 aromatic carbocycles. The summed E-state index contributed by atoms with van der Waals surface area (Å²) in [6.45, 7) is 1.90. The number of hydrogen-bond donors (Lipinski definition) is 2. The van der Waals surface area contributed by atoms with E-state index in [-0.39, 0.29) is 12.1 Å². The largest absolute Gasteiger partial charge is 0.422 e. The number of nitrogens with one attached hydrogen (secondary N) is 1. The second kappa shape index (κ2) is 5.57. The third-order valence-electron chi connectivity index (χ3n) is 4.41. The first-order valence-corrected chi connectivity index (χ1v) is 7.53. The van der Waals surface area contributed by atoms with Crippen LogP contribution < -0.4 is 10.9 Å². The van der Waals surface area contributed by atoms with E-state index in [4.69, 9.17) is 4.42 Å². The zero-order valence-electron chi connectivity index (χ0n) is 12.5. The lowest BCUT2D eigenvalue weighted by molar-refractivity contribution is 0.0448. The average Bonchev–Trinajstić information content (AvgIpc) is 2.92. The van der Waals surface area contributed by atoms with Gasteiger partial charge < -0.3 is 14.8 Å². The van der Waals surface area contributed by atoms with Crippen molar-refractivity contribution in [2.75, 3.05) is 6.54 Å². The minimum atomic E-state index is -0.847. The van der Waals surface area contributed by atoms with Gasteiger partial charge in [0.15, 0.2) is 0 Å². The molecule has 0 bridgehead atoms. The van der Waals surface area contributed by atoms with Gasteiger partial charge in [-0.25, -0.2) is 4.79 Å². The number of hydrogen-bond acceptors (Lipinski definition) is 4. The topological polar surface area (TPSA) is 79.5 Å². The van der Waals surface area contributed by atoms with Gasteiger partial charge in [0.05, 0.1) is 5.60 Å². The van der Waals surface area contributed by atoms with Crippen molar-refractivity contribution in [3.8, 4) is 0 Å². The van der Waals surface area contributed by atoms with E-state index < -0.39 is 17.1 Å². The Morgan fingerprint density at radius 3 is 2.73 bits per heavy atom. The van der Waals surface area contributed by atoms with Crippen LogP contribution in [0.25, 0.3) is 11.0 Å². The zero-order chi connectivity index (χ0) is 15.7. The van der Waals surface area contributed by atoms with Crippen LogP contribution in [0.1, 0.15) is 41.6 Å². The van der Waals surface area contributed by atoms with Crippen LogP contribution in [0.15, 0.2) is 33.5 Å². The first-order chi connectivity index (χ1) is 10.5. The van der Waals surface area contributed by atoms with Crippen LogP contribution in [0.2, 0.25) is 0 Å². The van der Waals surface area contributed by atoms with Crippen molar-refractivity contribution < 1.29 is 14.3 Å². The van der Waals surface area contributed by atoms with E-state index in [1.165, 1.54) is 0 Å². The summed E-state index contributed by atoms with van der Waals surface area (Å²) in [6, 6.07) is 7.12. The summed E-state index contributed by atoms with van der Waals surface area (Å²) in [5.74, 6) is -0.489. The maximum absolute atomic E-state index is 12.3. The summed E-state index contributed by atoms with van der Waals surface area (Å²) in [5.41, 5.74) is -0.410. The van der Waals surface area contributed by atoms with Crippen LogP contribution in [-0.2, 0) is 0 Å². The molecule has 0 saturated heterocycles. The van der Waals surface area contributed by atoms with Crippen LogP contribution in [0, 0.1) is 6.92 Å². The third-order valence-corrected chi connectivity index (χ3v) is 4.41. The minimum absolute atomic E-state index is 0.0142. The van der Waals surface area contributed by atoms with Gasteiger partial charge in [0.2, 0.25) is 0 Å². The Bertz CT molecular complexity index is 772. The fraction of sp³-hybridized carbons (Fsp3) is 0.412. The smallest absolute Gasteiger partial charge is 0.349 e. The first kappa shape index (κ1) is 14.8. The van der Waals surface area contributed by atoms with Gasteiger partial charge in [-0.2, -0.15) is 0 Å². The number of aliphatic hydroxyl groups is 1. The highest BCUT2D eigenvalue weighted by atomic mass is 16.4. The molecule has 5 nitrogen and oxygen atoms in total. The number of fused-ring (bicyclic) bond motifs is 1. The maximum atomic E-state index is 12.3. The number of rotatable bonds is 3. The molecule has 0 radical (unpaired) electrons. The number of carbonyl (C=O) groups excluding carboxylic acids is 1. The van der Waals surface area contributed by atoms with E-state index in [1.807, 2.05) is 12.1 Å². The van der Waals surface area contributed by atoms with Gasteiger partial charge in [-0.1, -0.05) is 31.0 Å². The predicted octanol–water partition coefficient (Wildman–Crippen LogP) is 2.14. The molecule has 0 spiro atoms. The van der Waals surface area contributed by atoms with E-state index in [1.54, 1.807) is 19.1 Å². The van der Waals surface area contributed by atoms with Crippen LogP contribution in [0.5, 0.6) is 0 Å². The molecule has 1 aliphatic carbocycles. The van der Waals surface area contributed by atoms with Crippen molar-refractivity contribution in [2.45, 2.75) is 38.2 Å². The summed E-state index contributed by atoms with van der Waals surface area (Å²) in [6.07, 6.45) is 3.28. The van der Waals surface area contributed by atoms with E-state index in [0.29, 0.717) is 24.0 Å². The second-order valence-electron chi connectivity index (χ2n) is 6.00. The van der Waals surface area contributed by atoms with Gasteiger partial charge in [0.1, 0.15) is 11.1 Å². The normalized spacial score (nSPS) is 16.8. The lowest BCUT2D eigenvalue weighted by Gasteiger charge is -2.22. The summed E-state index contributed by atoms with van der Waals surface area (Å²) in [4.78, 5) is 24.4. The Labute approximate surface area is 127 Å². The van der Waals surface area contributed by atoms with E-state index in [0.717, 1.165) is 18.2 Å². The van der Waals surface area contributed by atoms with E-state index in [2.05, 4.69) is 5.32 Å². The molecule has 1 amide bonds. The second-order valence-corrected chi connectivity index (χ2v) is 6.00. The number of carbonyl (C=O) groups is 1. The molecular formula is C17H19NO4. The maximum Gasteiger partial charge on any atom is 0.349 e. The molecule has 1 saturated carbocycles. The predicted molar refractivity (Wildman–Crippen MR) is 83.0 cm³/mol. The van der Waals surface area contributed by atoms with Crippen LogP contribution >= 0.6 is 0 Å². The molecule has 5 heteroatoms. The highest BCUT2D eigenvalue weighted by Crippen LogP contribution is 2.28. The van der Waals surface area contributed by atoms with Crippen LogP contribution in [0.4, 0.5) is 0 Å². The SMILES string of the molecule is Cc1c(C(=O)NCC2(O)CCCC2)c(=O)oc2ccccc12. The summed E-state index contributed by atoms with van der Waals surface area (Å²) in [5, 5.41) is 13.7. The van der Waals surface area contributed by atoms with E-state index in [9.17, 15) is 14.7 Å². The summed E-state index contributed by atoms with van der Waals surface area (Å²) < 4.78 is 5.21. The van der Waals surface area contributed by atoms with Crippen molar-refractivity contribution in [3.63, 3.8) is 0 Å². The lowest BCUT2D eigenvalue weighted by atomic mass is 10.0. The van der Waals surface area contributed by atoms with Gasteiger partial charge >= 0.3 is 5.63 Å². The summed E-state index contributed by atoms with van der Waals surface area (Å²) in [7, 11) is 0. The molecule has 3 rings (SSSR count). The Balaban J connectivity index is 1.89. The Kier molecular flexibility index (Phi) is 3.74. The first-order valence-electron chi connectivity index (χ1n) is 7.53. The molecule has 1 aliphatic rings. The van der Waals surface area contributed by atoms with Gasteiger partial charge in [-0.05, 0) is 31.4 Å². The molecule has 0 unspecified atom stereocenters. The van der Waals surface area contributed by atoms with Crippen molar-refractivity contribution >= 4 is 16.9 Å². The molecule has 2 N–H and O–H groups in total. The molecule has 2 aromatic rings. The molecular weight excluding hydrogens is 282 g/mol. The monoisotopic (exact) mass is 301 g/mol. The minimum Gasteiger partial charge on any atom is -0.422 e. The van der Waals surface area contributed by atoms with E-state index >= 15 is 0 Å². The molecule has 116 valence electrons. The fourth-order valence-electron chi connectivity index (χ4n) is 3.11. The van der Waals surface area contributed by atoms with Crippen molar-refractivity contribution in [1.82, 2.24) is 5.32 Å². The molecule has 1 aromatic heterocycles. The Morgan fingerprint density at radius 2 is 2.00 bits per heavy atom. The summed E-state index contributed by atoms with van der Waals surface area (Å²) >= 11 is 0. The third kappa shape index (κ3) is 2.64. The Hall–Kier alpha value is -2.14. The number of aryl methyl sites for hydroxylation is 1. The molecule has 0 atom stereocenters. The van der Waals surface area contributed by atoms with Crippen molar-refractivity contribution in [3.05, 3.63) is 45.8 Å². The number of para-hydroxylation sites is 1. The molecule has 1 heterocycles. The molecule has 0 aliphatic heterocycles. The molecule has 22 heavy (non-hydrogen) atoms. The van der Waals surface area contributed by atoms with Gasteiger partial charge in [-0.3, -0.25) is 4.79 Å². The number of benzene rings is 1. The van der Waals surface area contributed by atoms with Crippen LogP contribution in [-0.4, -0.2) is 23.2 Å². The van der Waals surface area contributed by atoms with Crippen LogP contribution in [0.3, 0.4) is 0 Å². The van der Waals surface area contributed by atoms with Gasteiger partial charge in [0, 0.05) is 11.9 Å². The highest BCUT2D eigenvalue weighted by Gasteiger charge is 2.32. The fourth-order valence-corrected chi connectivity index (χ4v) is 3.11. The lowest BCUT2D eigenvalue weighted by Crippen LogP contribution is -2.42. The highest BCUT2D eigenvalue weighted by molar-refractivity contribution is 5.99. The quantitative estimate of drug-likeness (QED) is 0.851. The van der Waals surface area contributed by atoms with Crippen molar-refractivity contribution in [1.29, 1.82) is 0 Å². The molecule has 1 fully saturated rings. The van der Waals surface area contributed by atoms with Gasteiger partial charge in [0.25, 0.3) is 5.91 Å². The van der Waals surface area contributed by atoms with Crippen molar-refractivity contribution in [2.24, 2.45) is 0 Å². The van der Waals surface area contributed by atoms with Gasteiger partial charge in [-0.15, -0.1) is 0 Å². The average molecular weight is 301 g/mol. The number of amides is 1.